The van der Waals surface area contributed by atoms with Gasteiger partial charge in [0, 0.05) is 0 Å². The number of hydroxylamine groups is 8. The van der Waals surface area contributed by atoms with Gasteiger partial charge < -0.3 is 49.6 Å². The standard InChI is InChI=1S/C18H32N4O18/c23-11(1-5-19(28)29)36-9-10-16(38-12(24)2-6-20(30)31)17(39-13(25)3-7-21(32)33)15(27)18(37-10)40-14(26)4-8-22(34)35/h10,15-22,27-28,30,32,34H,1-9H2. The van der Waals surface area contributed by atoms with E-state index in [1.54, 1.807) is 0 Å². The van der Waals surface area contributed by atoms with Crippen molar-refractivity contribution in [3.8, 4) is 0 Å². The van der Waals surface area contributed by atoms with Crippen LogP contribution in [0.15, 0.2) is 0 Å². The van der Waals surface area contributed by atoms with E-state index in [1.165, 1.54) is 0 Å². The number of carbonyl (C=O) groups is 4. The molecule has 0 saturated carbocycles. The fraction of sp³-hybridized carbons (Fsp3) is 0.778. The third-order valence-electron chi connectivity index (χ3n) is 4.98. The Hall–Kier alpha value is -2.68. The minimum absolute atomic E-state index is 0.588. The van der Waals surface area contributed by atoms with Gasteiger partial charge in [-0.15, -0.1) is 0 Å². The van der Waals surface area contributed by atoms with E-state index in [0.717, 1.165) is 0 Å². The van der Waals surface area contributed by atoms with E-state index >= 15 is 0 Å². The number of nitrogens with one attached hydrogen (secondary N) is 4. The lowest BCUT2D eigenvalue weighted by Crippen LogP contribution is -3.04. The number of carbonyl (C=O) groups excluding carboxylic acids is 4. The van der Waals surface area contributed by atoms with Crippen LogP contribution in [-0.2, 0) is 42.9 Å². The molecule has 9 atom stereocenters. The summed E-state index contributed by atoms with van der Waals surface area (Å²) in [5.41, 5.74) is 0. The molecule has 40 heavy (non-hydrogen) atoms. The monoisotopic (exact) mass is 592 g/mol. The molecule has 0 aliphatic carbocycles. The SMILES string of the molecule is O=C(CC[NH+]([O-])O)OCC1OC(OC(=O)CC[NH+]([O-])O)C(O)C(OC(=O)CC[NH+]([O-])O)C1OC(=O)CC[NH+]([O-])O. The summed E-state index contributed by atoms with van der Waals surface area (Å²) in [6.45, 7) is -3.49. The van der Waals surface area contributed by atoms with Crippen molar-refractivity contribution < 1.29 is 89.7 Å². The summed E-state index contributed by atoms with van der Waals surface area (Å²) in [6.07, 6.45) is -12.2. The molecule has 1 aliphatic rings. The first-order valence-corrected chi connectivity index (χ1v) is 11.6. The van der Waals surface area contributed by atoms with E-state index in [2.05, 4.69) is 0 Å². The Labute approximate surface area is 224 Å². The van der Waals surface area contributed by atoms with Gasteiger partial charge >= 0.3 is 23.9 Å². The molecular formula is C18H32N4O18. The lowest BCUT2D eigenvalue weighted by molar-refractivity contribution is -1.05. The first-order valence-electron chi connectivity index (χ1n) is 11.6. The zero-order valence-corrected chi connectivity index (χ0v) is 20.8. The Morgan fingerprint density at radius 3 is 1.43 bits per heavy atom. The Balaban J connectivity index is 3.21. The van der Waals surface area contributed by atoms with Crippen molar-refractivity contribution in [2.45, 2.75) is 56.4 Å². The average molecular weight is 592 g/mol. The molecule has 232 valence electrons. The lowest BCUT2D eigenvalue weighted by Gasteiger charge is -2.42. The summed E-state index contributed by atoms with van der Waals surface area (Å²) in [6, 6.07) is 0. The molecule has 9 N–H and O–H groups in total. The molecule has 1 fully saturated rings. The Bertz CT molecular complexity index is 788. The maximum absolute atomic E-state index is 12.3. The van der Waals surface area contributed by atoms with Gasteiger partial charge in [-0.25, -0.2) is 41.7 Å². The number of hydrogen-bond acceptors (Lipinski definition) is 18. The van der Waals surface area contributed by atoms with Gasteiger partial charge in [0.2, 0.25) is 6.29 Å². The third-order valence-corrected chi connectivity index (χ3v) is 4.98. The lowest BCUT2D eigenvalue weighted by atomic mass is 9.98. The number of rotatable bonds is 17. The highest BCUT2D eigenvalue weighted by molar-refractivity contribution is 5.71. The second-order valence-corrected chi connectivity index (χ2v) is 8.19. The zero-order valence-electron chi connectivity index (χ0n) is 20.8. The molecule has 0 aromatic rings. The molecule has 0 spiro atoms. The zero-order chi connectivity index (χ0) is 30.4. The van der Waals surface area contributed by atoms with Crippen LogP contribution >= 0.6 is 0 Å². The van der Waals surface area contributed by atoms with Gasteiger partial charge in [-0.05, 0) is 0 Å². The second kappa shape index (κ2) is 17.9. The summed E-state index contributed by atoms with van der Waals surface area (Å²) in [4.78, 5) is 48.5. The predicted molar refractivity (Wildman–Crippen MR) is 114 cm³/mol. The summed E-state index contributed by atoms with van der Waals surface area (Å²) >= 11 is 0. The normalized spacial score (nSPS) is 25.7. The van der Waals surface area contributed by atoms with E-state index < -0.39 is 134 Å². The van der Waals surface area contributed by atoms with Crippen LogP contribution in [-0.4, -0.2) is 113 Å². The van der Waals surface area contributed by atoms with E-state index in [1.807, 2.05) is 0 Å². The maximum atomic E-state index is 12.3. The van der Waals surface area contributed by atoms with Crippen LogP contribution in [0.5, 0.6) is 0 Å². The van der Waals surface area contributed by atoms with Crippen LogP contribution in [0.4, 0.5) is 0 Å². The van der Waals surface area contributed by atoms with Crippen LogP contribution in [0.2, 0.25) is 0 Å². The van der Waals surface area contributed by atoms with Crippen molar-refractivity contribution in [1.82, 2.24) is 0 Å². The molecule has 1 aliphatic heterocycles. The maximum Gasteiger partial charge on any atom is 0.314 e. The molecule has 0 aromatic heterocycles. The quantitative estimate of drug-likeness (QED) is 0.0430. The first-order chi connectivity index (χ1) is 18.7. The van der Waals surface area contributed by atoms with Crippen LogP contribution in [0.1, 0.15) is 25.7 Å². The number of hydrogen-bond donors (Lipinski definition) is 9. The molecule has 9 unspecified atom stereocenters. The number of ether oxygens (including phenoxy) is 5. The topological polar surface area (TPSA) is 326 Å². The van der Waals surface area contributed by atoms with Gasteiger partial charge in [0.25, 0.3) is 0 Å². The van der Waals surface area contributed by atoms with Crippen molar-refractivity contribution in [2.75, 3.05) is 32.8 Å². The van der Waals surface area contributed by atoms with Gasteiger partial charge in [0.15, 0.2) is 18.3 Å². The van der Waals surface area contributed by atoms with E-state index in [9.17, 15) is 45.1 Å². The highest BCUT2D eigenvalue weighted by Gasteiger charge is 2.51. The fourth-order valence-corrected chi connectivity index (χ4v) is 3.10. The minimum Gasteiger partial charge on any atom is -0.600 e. The number of esters is 4. The molecular weight excluding hydrogens is 560 g/mol. The largest absolute Gasteiger partial charge is 0.600 e. The van der Waals surface area contributed by atoms with Gasteiger partial charge in [-0.2, -0.15) is 0 Å². The molecule has 0 bridgehead atoms. The molecule has 0 aromatic carbocycles. The number of aliphatic hydroxyl groups excluding tert-OH is 1. The Morgan fingerprint density at radius 1 is 0.625 bits per heavy atom. The number of quaternary nitrogens is 4. The van der Waals surface area contributed by atoms with Crippen LogP contribution in [0.3, 0.4) is 0 Å². The van der Waals surface area contributed by atoms with Gasteiger partial charge in [0.05, 0.1) is 25.7 Å². The minimum atomic E-state index is -2.11. The molecule has 1 heterocycles. The Morgan fingerprint density at radius 2 is 1.00 bits per heavy atom. The summed E-state index contributed by atoms with van der Waals surface area (Å²) in [5, 5.41) is 83.4. The van der Waals surface area contributed by atoms with Crippen LogP contribution in [0.25, 0.3) is 0 Å². The van der Waals surface area contributed by atoms with Crippen LogP contribution < -0.4 is 20.9 Å². The van der Waals surface area contributed by atoms with E-state index in [4.69, 9.17) is 44.5 Å². The summed E-state index contributed by atoms with van der Waals surface area (Å²) in [7, 11) is 0. The van der Waals surface area contributed by atoms with Crippen molar-refractivity contribution in [2.24, 2.45) is 0 Å². The van der Waals surface area contributed by atoms with Crippen molar-refractivity contribution >= 4 is 23.9 Å². The molecule has 0 radical (unpaired) electrons. The van der Waals surface area contributed by atoms with E-state index in [-0.39, 0.29) is 0 Å². The molecule has 22 nitrogen and oxygen atoms in total. The summed E-state index contributed by atoms with van der Waals surface area (Å²) in [5.74, 6) is -4.64. The highest BCUT2D eigenvalue weighted by atomic mass is 16.8. The molecule has 1 rings (SSSR count). The predicted octanol–water partition coefficient (Wildman–Crippen LogP) is -8.37. The van der Waals surface area contributed by atoms with E-state index in [0.29, 0.717) is 0 Å². The van der Waals surface area contributed by atoms with Crippen LogP contribution in [0, 0.1) is 20.8 Å². The summed E-state index contributed by atoms with van der Waals surface area (Å²) < 4.78 is 25.4. The van der Waals surface area contributed by atoms with Crippen molar-refractivity contribution in [3.63, 3.8) is 0 Å². The van der Waals surface area contributed by atoms with Gasteiger partial charge in [0.1, 0.15) is 38.9 Å². The molecule has 1 saturated heterocycles. The smallest absolute Gasteiger partial charge is 0.314 e. The first kappa shape index (κ1) is 35.3. The van der Waals surface area contributed by atoms with Crippen molar-refractivity contribution in [1.29, 1.82) is 0 Å². The fourth-order valence-electron chi connectivity index (χ4n) is 3.10. The molecule has 0 amide bonds. The van der Waals surface area contributed by atoms with Crippen molar-refractivity contribution in [3.05, 3.63) is 20.8 Å². The highest BCUT2D eigenvalue weighted by Crippen LogP contribution is 2.28. The van der Waals surface area contributed by atoms with Gasteiger partial charge in [-0.3, -0.25) is 19.2 Å². The number of aliphatic hydroxyl groups is 1. The third kappa shape index (κ3) is 14.1. The molecule has 22 heteroatoms. The average Bonchev–Trinajstić information content (AvgIpc) is 2.86. The van der Waals surface area contributed by atoms with Gasteiger partial charge in [-0.1, -0.05) is 0 Å². The Kier molecular flexibility index (Phi) is 15.8. The second-order valence-electron chi connectivity index (χ2n) is 8.19.